The SMILES string of the molecule is Cc1ccc(S(=O)(=O)NCCCCN(C)C(C)C)cc1C. The van der Waals surface area contributed by atoms with Gasteiger partial charge in [0, 0.05) is 12.6 Å². The summed E-state index contributed by atoms with van der Waals surface area (Å²) in [4.78, 5) is 2.61. The maximum Gasteiger partial charge on any atom is 0.240 e. The zero-order chi connectivity index (χ0) is 16.0. The molecule has 0 saturated carbocycles. The third-order valence-corrected chi connectivity index (χ3v) is 5.36. The van der Waals surface area contributed by atoms with Crippen LogP contribution >= 0.6 is 0 Å². The Bertz CT molecular complexity index is 553. The van der Waals surface area contributed by atoms with Crippen LogP contribution in [-0.4, -0.2) is 39.5 Å². The lowest BCUT2D eigenvalue weighted by Gasteiger charge is -2.20. The van der Waals surface area contributed by atoms with E-state index in [9.17, 15) is 8.42 Å². The molecule has 0 aliphatic heterocycles. The molecule has 0 atom stereocenters. The highest BCUT2D eigenvalue weighted by Crippen LogP contribution is 2.14. The maximum atomic E-state index is 12.2. The van der Waals surface area contributed by atoms with Gasteiger partial charge in [0.05, 0.1) is 4.90 Å². The van der Waals surface area contributed by atoms with Crippen molar-refractivity contribution < 1.29 is 8.42 Å². The van der Waals surface area contributed by atoms with Crippen LogP contribution in [0.25, 0.3) is 0 Å². The first-order valence-electron chi connectivity index (χ1n) is 7.51. The summed E-state index contributed by atoms with van der Waals surface area (Å²) < 4.78 is 27.0. The van der Waals surface area contributed by atoms with Crippen LogP contribution in [-0.2, 0) is 10.0 Å². The number of hydrogen-bond donors (Lipinski definition) is 1. The molecule has 0 aliphatic rings. The lowest BCUT2D eigenvalue weighted by atomic mass is 10.1. The van der Waals surface area contributed by atoms with Crippen LogP contribution < -0.4 is 4.72 Å². The van der Waals surface area contributed by atoms with Gasteiger partial charge in [-0.3, -0.25) is 0 Å². The number of nitrogens with one attached hydrogen (secondary N) is 1. The molecular formula is C16H28N2O2S. The molecule has 0 spiro atoms. The number of unbranched alkanes of at least 4 members (excludes halogenated alkanes) is 1. The van der Waals surface area contributed by atoms with E-state index in [0.29, 0.717) is 17.5 Å². The number of nitrogens with zero attached hydrogens (tertiary/aromatic N) is 1. The fraction of sp³-hybridized carbons (Fsp3) is 0.625. The van der Waals surface area contributed by atoms with Gasteiger partial charge < -0.3 is 4.90 Å². The van der Waals surface area contributed by atoms with Crippen LogP contribution in [0.4, 0.5) is 0 Å². The fourth-order valence-electron chi connectivity index (χ4n) is 1.92. The second-order valence-electron chi connectivity index (χ2n) is 5.93. The molecule has 0 heterocycles. The van der Waals surface area contributed by atoms with E-state index >= 15 is 0 Å². The molecule has 0 bridgehead atoms. The summed E-state index contributed by atoms with van der Waals surface area (Å²) in [7, 11) is -1.29. The second kappa shape index (κ2) is 7.92. The van der Waals surface area contributed by atoms with Crippen LogP contribution in [0.1, 0.15) is 37.8 Å². The lowest BCUT2D eigenvalue weighted by molar-refractivity contribution is 0.268. The number of hydrogen-bond acceptors (Lipinski definition) is 3. The molecule has 1 aromatic rings. The summed E-state index contributed by atoms with van der Waals surface area (Å²) >= 11 is 0. The lowest BCUT2D eigenvalue weighted by Crippen LogP contribution is -2.29. The predicted molar refractivity (Wildman–Crippen MR) is 88.1 cm³/mol. The van der Waals surface area contributed by atoms with Crippen LogP contribution in [0.5, 0.6) is 0 Å². The van der Waals surface area contributed by atoms with Crippen molar-refractivity contribution in [1.29, 1.82) is 0 Å². The topological polar surface area (TPSA) is 49.4 Å². The summed E-state index contributed by atoms with van der Waals surface area (Å²) in [5, 5.41) is 0. The van der Waals surface area contributed by atoms with Crippen LogP contribution in [0, 0.1) is 13.8 Å². The smallest absolute Gasteiger partial charge is 0.240 e. The van der Waals surface area contributed by atoms with Crippen molar-refractivity contribution in [1.82, 2.24) is 9.62 Å². The molecule has 1 N–H and O–H groups in total. The highest BCUT2D eigenvalue weighted by atomic mass is 32.2. The summed E-state index contributed by atoms with van der Waals surface area (Å²) in [6.45, 7) is 9.69. The molecule has 0 fully saturated rings. The minimum atomic E-state index is -3.38. The van der Waals surface area contributed by atoms with Gasteiger partial charge in [0.25, 0.3) is 0 Å². The highest BCUT2D eigenvalue weighted by molar-refractivity contribution is 7.89. The first kappa shape index (κ1) is 18.1. The Morgan fingerprint density at radius 3 is 2.38 bits per heavy atom. The number of benzene rings is 1. The first-order valence-corrected chi connectivity index (χ1v) is 8.99. The Kier molecular flexibility index (Phi) is 6.84. The molecule has 120 valence electrons. The van der Waals surface area contributed by atoms with E-state index in [-0.39, 0.29) is 0 Å². The third-order valence-electron chi connectivity index (χ3n) is 3.90. The Labute approximate surface area is 129 Å². The molecule has 5 heteroatoms. The Hall–Kier alpha value is -0.910. The number of rotatable bonds is 8. The van der Waals surface area contributed by atoms with Crippen molar-refractivity contribution in [3.63, 3.8) is 0 Å². The van der Waals surface area contributed by atoms with Crippen LogP contribution in [0.15, 0.2) is 23.1 Å². The highest BCUT2D eigenvalue weighted by Gasteiger charge is 2.13. The molecule has 21 heavy (non-hydrogen) atoms. The van der Waals surface area contributed by atoms with Crippen molar-refractivity contribution in [3.05, 3.63) is 29.3 Å². The average Bonchev–Trinajstić information content (AvgIpc) is 2.40. The van der Waals surface area contributed by atoms with Crippen LogP contribution in [0.2, 0.25) is 0 Å². The van der Waals surface area contributed by atoms with Crippen molar-refractivity contribution in [3.8, 4) is 0 Å². The van der Waals surface area contributed by atoms with E-state index in [2.05, 4.69) is 30.5 Å². The average molecular weight is 312 g/mol. The van der Waals surface area contributed by atoms with Gasteiger partial charge in [0.15, 0.2) is 0 Å². The molecule has 0 unspecified atom stereocenters. The predicted octanol–water partition coefficient (Wildman–Crippen LogP) is 2.70. The van der Waals surface area contributed by atoms with Gasteiger partial charge in [-0.1, -0.05) is 6.07 Å². The van der Waals surface area contributed by atoms with Gasteiger partial charge in [-0.15, -0.1) is 0 Å². The van der Waals surface area contributed by atoms with E-state index < -0.39 is 10.0 Å². The Morgan fingerprint density at radius 1 is 1.14 bits per heavy atom. The quantitative estimate of drug-likeness (QED) is 0.751. The minimum absolute atomic E-state index is 0.352. The molecule has 0 saturated heterocycles. The summed E-state index contributed by atoms with van der Waals surface area (Å²) in [6.07, 6.45) is 1.84. The van der Waals surface area contributed by atoms with E-state index in [4.69, 9.17) is 0 Å². The van der Waals surface area contributed by atoms with Gasteiger partial charge in [-0.2, -0.15) is 0 Å². The maximum absolute atomic E-state index is 12.2. The van der Waals surface area contributed by atoms with Gasteiger partial charge >= 0.3 is 0 Å². The summed E-state index contributed by atoms with van der Waals surface area (Å²) in [5.41, 5.74) is 2.10. The van der Waals surface area contributed by atoms with Crippen molar-refractivity contribution in [2.45, 2.75) is 51.5 Å². The molecular weight excluding hydrogens is 284 g/mol. The molecule has 0 radical (unpaired) electrons. The standard InChI is InChI=1S/C16H28N2O2S/c1-13(2)18(5)11-7-6-10-17-21(19,20)16-9-8-14(3)15(4)12-16/h8-9,12-13,17H,6-7,10-11H2,1-5H3. The number of aryl methyl sites for hydroxylation is 2. The summed E-state index contributed by atoms with van der Waals surface area (Å²) in [5.74, 6) is 0. The molecule has 1 aromatic carbocycles. The molecule has 0 amide bonds. The van der Waals surface area contributed by atoms with E-state index in [1.807, 2.05) is 19.9 Å². The number of sulfonamides is 1. The van der Waals surface area contributed by atoms with Crippen LogP contribution in [0.3, 0.4) is 0 Å². The minimum Gasteiger partial charge on any atom is -0.304 e. The Morgan fingerprint density at radius 2 is 1.81 bits per heavy atom. The molecule has 0 aliphatic carbocycles. The normalized spacial score (nSPS) is 12.3. The monoisotopic (exact) mass is 312 g/mol. The molecule has 4 nitrogen and oxygen atoms in total. The zero-order valence-corrected chi connectivity index (χ0v) is 14.6. The van der Waals surface area contributed by atoms with Crippen molar-refractivity contribution in [2.24, 2.45) is 0 Å². The third kappa shape index (κ3) is 5.77. The first-order chi connectivity index (χ1) is 9.74. The summed E-state index contributed by atoms with van der Waals surface area (Å²) in [6, 6.07) is 5.76. The zero-order valence-electron chi connectivity index (χ0n) is 13.8. The van der Waals surface area contributed by atoms with Crippen molar-refractivity contribution in [2.75, 3.05) is 20.1 Å². The van der Waals surface area contributed by atoms with E-state index in [1.54, 1.807) is 12.1 Å². The van der Waals surface area contributed by atoms with Gasteiger partial charge in [-0.05, 0) is 77.4 Å². The van der Waals surface area contributed by atoms with E-state index in [1.165, 1.54) is 0 Å². The molecule has 1 rings (SSSR count). The van der Waals surface area contributed by atoms with E-state index in [0.717, 1.165) is 30.5 Å². The fourth-order valence-corrected chi connectivity index (χ4v) is 3.07. The molecule has 0 aromatic heterocycles. The van der Waals surface area contributed by atoms with Gasteiger partial charge in [0.2, 0.25) is 10.0 Å². The van der Waals surface area contributed by atoms with Gasteiger partial charge in [0.1, 0.15) is 0 Å². The Balaban J connectivity index is 2.45. The second-order valence-corrected chi connectivity index (χ2v) is 7.69. The largest absolute Gasteiger partial charge is 0.304 e. The van der Waals surface area contributed by atoms with Gasteiger partial charge in [-0.25, -0.2) is 13.1 Å². The van der Waals surface area contributed by atoms with Crippen molar-refractivity contribution >= 4 is 10.0 Å².